The summed E-state index contributed by atoms with van der Waals surface area (Å²) in [5.41, 5.74) is 8.76. The van der Waals surface area contributed by atoms with E-state index >= 15 is 0 Å². The first-order valence-corrected chi connectivity index (χ1v) is 5.97. The van der Waals surface area contributed by atoms with E-state index in [2.05, 4.69) is 5.10 Å². The largest absolute Gasteiger partial charge is 0.399 e. The molecule has 4 nitrogen and oxygen atoms in total. The van der Waals surface area contributed by atoms with Crippen LogP contribution in [0.2, 0.25) is 0 Å². The monoisotopic (exact) mass is 251 g/mol. The summed E-state index contributed by atoms with van der Waals surface area (Å²) in [7, 11) is 0. The van der Waals surface area contributed by atoms with Gasteiger partial charge in [-0.15, -0.1) is 0 Å². The van der Waals surface area contributed by atoms with Gasteiger partial charge in [-0.2, -0.15) is 0 Å². The van der Waals surface area contributed by atoms with Gasteiger partial charge in [0.25, 0.3) is 5.56 Å². The number of hydrogen-bond donors (Lipinski definition) is 2. The van der Waals surface area contributed by atoms with Crippen molar-refractivity contribution in [2.24, 2.45) is 0 Å². The molecule has 2 aromatic carbocycles. The van der Waals surface area contributed by atoms with E-state index in [4.69, 9.17) is 5.73 Å². The Morgan fingerprint density at radius 3 is 2.32 bits per heavy atom. The number of nitrogens with zero attached hydrogens (tertiary/aromatic N) is 1. The van der Waals surface area contributed by atoms with Crippen LogP contribution in [0.4, 0.5) is 5.69 Å². The number of aromatic nitrogens is 2. The van der Waals surface area contributed by atoms with E-state index < -0.39 is 0 Å². The molecule has 0 aliphatic rings. The maximum atomic E-state index is 12.0. The molecule has 1 aromatic heterocycles. The maximum Gasteiger partial charge on any atom is 0.271 e. The molecular formula is C15H13N3O. The number of hydrogen-bond acceptors (Lipinski definition) is 2. The van der Waals surface area contributed by atoms with Crippen LogP contribution in [0.3, 0.4) is 0 Å². The first kappa shape index (κ1) is 11.3. The van der Waals surface area contributed by atoms with E-state index in [0.717, 1.165) is 16.9 Å². The highest BCUT2D eigenvalue weighted by Crippen LogP contribution is 2.16. The zero-order valence-corrected chi connectivity index (χ0v) is 10.2. The molecule has 0 unspecified atom stereocenters. The molecule has 1 heterocycles. The van der Waals surface area contributed by atoms with Crippen molar-refractivity contribution in [3.8, 4) is 16.9 Å². The highest BCUT2D eigenvalue weighted by molar-refractivity contribution is 5.58. The number of H-pyrrole nitrogens is 1. The molecule has 0 atom stereocenters. The number of nitrogens with two attached hydrogens (primary N) is 1. The molecule has 0 amide bonds. The standard InChI is InChI=1S/C15H13N3O/c16-12-6-8-13(9-7-12)18-15(19)10-14(17-18)11-4-2-1-3-5-11/h1-10,17H,16H2. The molecule has 0 aliphatic heterocycles. The molecule has 0 bridgehead atoms. The number of nitrogen functional groups attached to an aromatic ring is 1. The third-order valence-electron chi connectivity index (χ3n) is 2.96. The van der Waals surface area contributed by atoms with Crippen LogP contribution in [-0.2, 0) is 0 Å². The van der Waals surface area contributed by atoms with Gasteiger partial charge < -0.3 is 5.73 Å². The van der Waals surface area contributed by atoms with Gasteiger partial charge in [-0.3, -0.25) is 9.89 Å². The lowest BCUT2D eigenvalue weighted by molar-refractivity contribution is 0.853. The number of rotatable bonds is 2. The quantitative estimate of drug-likeness (QED) is 0.687. The number of anilines is 1. The van der Waals surface area contributed by atoms with Crippen molar-refractivity contribution in [1.82, 2.24) is 9.78 Å². The Balaban J connectivity index is 2.08. The van der Waals surface area contributed by atoms with Crippen LogP contribution in [-0.4, -0.2) is 9.78 Å². The van der Waals surface area contributed by atoms with Crippen molar-refractivity contribution < 1.29 is 0 Å². The Morgan fingerprint density at radius 1 is 0.947 bits per heavy atom. The van der Waals surface area contributed by atoms with Crippen molar-refractivity contribution in [1.29, 1.82) is 0 Å². The van der Waals surface area contributed by atoms with Gasteiger partial charge >= 0.3 is 0 Å². The summed E-state index contributed by atoms with van der Waals surface area (Å²) in [5.74, 6) is 0. The summed E-state index contributed by atoms with van der Waals surface area (Å²) in [6.45, 7) is 0. The van der Waals surface area contributed by atoms with Gasteiger partial charge in [0.1, 0.15) is 0 Å². The Kier molecular flexibility index (Phi) is 2.68. The van der Waals surface area contributed by atoms with E-state index in [0.29, 0.717) is 5.69 Å². The Bertz CT molecular complexity index is 739. The summed E-state index contributed by atoms with van der Waals surface area (Å²) in [4.78, 5) is 12.0. The Hall–Kier alpha value is -2.75. The van der Waals surface area contributed by atoms with Crippen LogP contribution in [0, 0.1) is 0 Å². The first-order chi connectivity index (χ1) is 9.24. The van der Waals surface area contributed by atoms with E-state index in [-0.39, 0.29) is 5.56 Å². The first-order valence-electron chi connectivity index (χ1n) is 5.97. The lowest BCUT2D eigenvalue weighted by atomic mass is 10.2. The Morgan fingerprint density at radius 2 is 1.63 bits per heavy atom. The van der Waals surface area contributed by atoms with Crippen molar-refractivity contribution in [3.63, 3.8) is 0 Å². The second-order valence-corrected chi connectivity index (χ2v) is 4.30. The van der Waals surface area contributed by atoms with Crippen molar-refractivity contribution in [2.75, 3.05) is 5.73 Å². The second kappa shape index (κ2) is 4.49. The van der Waals surface area contributed by atoms with Crippen molar-refractivity contribution in [3.05, 3.63) is 71.0 Å². The fourth-order valence-corrected chi connectivity index (χ4v) is 1.98. The van der Waals surface area contributed by atoms with E-state index in [1.807, 2.05) is 42.5 Å². The van der Waals surface area contributed by atoms with Gasteiger partial charge in [0.05, 0.1) is 11.4 Å². The predicted octanol–water partition coefficient (Wildman–Crippen LogP) is 2.41. The summed E-state index contributed by atoms with van der Waals surface area (Å²) >= 11 is 0. The third-order valence-corrected chi connectivity index (χ3v) is 2.96. The number of nitrogens with one attached hydrogen (secondary N) is 1. The lowest BCUT2D eigenvalue weighted by Gasteiger charge is -2.02. The van der Waals surface area contributed by atoms with Gasteiger partial charge in [-0.25, -0.2) is 4.68 Å². The van der Waals surface area contributed by atoms with Crippen molar-refractivity contribution in [2.45, 2.75) is 0 Å². The molecule has 0 fully saturated rings. The van der Waals surface area contributed by atoms with Crippen LogP contribution in [0.5, 0.6) is 0 Å². The molecule has 3 N–H and O–H groups in total. The zero-order chi connectivity index (χ0) is 13.2. The molecule has 3 aromatic rings. The van der Waals surface area contributed by atoms with Crippen LogP contribution < -0.4 is 11.3 Å². The molecular weight excluding hydrogens is 238 g/mol. The van der Waals surface area contributed by atoms with Gasteiger partial charge in [0, 0.05) is 11.8 Å². The highest BCUT2D eigenvalue weighted by atomic mass is 16.1. The number of aromatic amines is 1. The maximum absolute atomic E-state index is 12.0. The summed E-state index contributed by atoms with van der Waals surface area (Å²) in [6, 6.07) is 18.5. The summed E-state index contributed by atoms with van der Waals surface area (Å²) in [5, 5.41) is 3.10. The zero-order valence-electron chi connectivity index (χ0n) is 10.2. The van der Waals surface area contributed by atoms with E-state index in [1.54, 1.807) is 18.2 Å². The SMILES string of the molecule is Nc1ccc(-n2[nH]c(-c3ccccc3)cc2=O)cc1. The lowest BCUT2D eigenvalue weighted by Crippen LogP contribution is -2.13. The minimum absolute atomic E-state index is 0.0939. The molecule has 4 heteroatoms. The van der Waals surface area contributed by atoms with E-state index in [9.17, 15) is 4.79 Å². The third kappa shape index (κ3) is 2.15. The fourth-order valence-electron chi connectivity index (χ4n) is 1.98. The molecule has 0 radical (unpaired) electrons. The molecule has 0 aliphatic carbocycles. The average molecular weight is 251 g/mol. The van der Waals surface area contributed by atoms with Crippen LogP contribution in [0.1, 0.15) is 0 Å². The van der Waals surface area contributed by atoms with Gasteiger partial charge in [-0.1, -0.05) is 30.3 Å². The fraction of sp³-hybridized carbons (Fsp3) is 0. The highest BCUT2D eigenvalue weighted by Gasteiger charge is 2.06. The van der Waals surface area contributed by atoms with Crippen LogP contribution in [0.15, 0.2) is 65.5 Å². The molecule has 0 saturated heterocycles. The molecule has 3 rings (SSSR count). The van der Waals surface area contributed by atoms with Crippen LogP contribution >= 0.6 is 0 Å². The normalized spacial score (nSPS) is 10.5. The summed E-state index contributed by atoms with van der Waals surface area (Å²) < 4.78 is 1.50. The number of benzene rings is 2. The van der Waals surface area contributed by atoms with Gasteiger partial charge in [0.2, 0.25) is 0 Å². The van der Waals surface area contributed by atoms with Crippen LogP contribution in [0.25, 0.3) is 16.9 Å². The molecule has 0 saturated carbocycles. The smallest absolute Gasteiger partial charge is 0.271 e. The minimum atomic E-state index is -0.0939. The van der Waals surface area contributed by atoms with Gasteiger partial charge in [0.15, 0.2) is 0 Å². The molecule has 19 heavy (non-hydrogen) atoms. The summed E-state index contributed by atoms with van der Waals surface area (Å²) in [6.07, 6.45) is 0. The molecule has 0 spiro atoms. The predicted molar refractivity (Wildman–Crippen MR) is 76.2 cm³/mol. The second-order valence-electron chi connectivity index (χ2n) is 4.30. The van der Waals surface area contributed by atoms with E-state index in [1.165, 1.54) is 4.68 Å². The van der Waals surface area contributed by atoms with Crippen molar-refractivity contribution >= 4 is 5.69 Å². The minimum Gasteiger partial charge on any atom is -0.399 e. The average Bonchev–Trinajstić information content (AvgIpc) is 2.83. The Labute approximate surface area is 110 Å². The van der Waals surface area contributed by atoms with Gasteiger partial charge in [-0.05, 0) is 29.8 Å². The molecule has 94 valence electrons. The topological polar surface area (TPSA) is 63.8 Å².